The van der Waals surface area contributed by atoms with Crippen molar-refractivity contribution in [2.24, 2.45) is 0 Å². The minimum Gasteiger partial charge on any atom is -0.493 e. The molecule has 1 aliphatic rings. The van der Waals surface area contributed by atoms with E-state index in [0.717, 1.165) is 5.56 Å². The van der Waals surface area contributed by atoms with Crippen LogP contribution >= 0.6 is 27.5 Å². The van der Waals surface area contributed by atoms with Crippen LogP contribution in [0.25, 0.3) is 0 Å². The van der Waals surface area contributed by atoms with E-state index in [2.05, 4.69) is 21.2 Å². The van der Waals surface area contributed by atoms with Gasteiger partial charge in [-0.3, -0.25) is 9.59 Å². The first-order chi connectivity index (χ1) is 17.0. The SMILES string of the molecule is CCOC(=O)C1CCOc2cc(Oc3ccc(C(=O)NCC(Br)c4ccccc4)cc3)c(Cl)cc21. The number of esters is 1. The third kappa shape index (κ3) is 6.16. The number of halogens is 2. The van der Waals surface area contributed by atoms with Crippen molar-refractivity contribution in [3.8, 4) is 17.2 Å². The molecule has 8 heteroatoms. The van der Waals surface area contributed by atoms with Crippen LogP contribution in [0.2, 0.25) is 5.02 Å². The Morgan fingerprint density at radius 2 is 1.89 bits per heavy atom. The van der Waals surface area contributed by atoms with Crippen LogP contribution < -0.4 is 14.8 Å². The molecule has 3 aromatic carbocycles. The fraction of sp³-hybridized carbons (Fsp3) is 0.259. The summed E-state index contributed by atoms with van der Waals surface area (Å²) in [6, 6.07) is 20.1. The highest BCUT2D eigenvalue weighted by atomic mass is 79.9. The smallest absolute Gasteiger partial charge is 0.313 e. The number of rotatable bonds is 8. The van der Waals surface area contributed by atoms with Crippen molar-refractivity contribution in [2.45, 2.75) is 24.1 Å². The van der Waals surface area contributed by atoms with Crippen LogP contribution in [0.5, 0.6) is 17.2 Å². The Morgan fingerprint density at radius 1 is 1.14 bits per heavy atom. The van der Waals surface area contributed by atoms with Gasteiger partial charge in [-0.15, -0.1) is 0 Å². The molecule has 0 spiro atoms. The Kier molecular flexibility index (Phi) is 8.31. The van der Waals surface area contributed by atoms with Gasteiger partial charge in [0, 0.05) is 23.7 Å². The molecule has 0 saturated heterocycles. The van der Waals surface area contributed by atoms with Gasteiger partial charge in [0.25, 0.3) is 5.91 Å². The summed E-state index contributed by atoms with van der Waals surface area (Å²) >= 11 is 10.1. The maximum absolute atomic E-state index is 12.5. The van der Waals surface area contributed by atoms with E-state index < -0.39 is 5.92 Å². The number of benzene rings is 3. The Bertz CT molecular complexity index is 1190. The molecule has 1 N–H and O–H groups in total. The van der Waals surface area contributed by atoms with Crippen molar-refractivity contribution in [1.82, 2.24) is 5.32 Å². The van der Waals surface area contributed by atoms with Crippen molar-refractivity contribution in [2.75, 3.05) is 19.8 Å². The summed E-state index contributed by atoms with van der Waals surface area (Å²) in [7, 11) is 0. The average Bonchev–Trinajstić information content (AvgIpc) is 2.88. The molecule has 6 nitrogen and oxygen atoms in total. The summed E-state index contributed by atoms with van der Waals surface area (Å²) in [5, 5.41) is 3.29. The predicted molar refractivity (Wildman–Crippen MR) is 138 cm³/mol. The standard InChI is InChI=1S/C27H25BrClNO5/c1-2-33-27(32)20-12-13-34-24-15-25(23(29)14-21(20)24)35-19-10-8-18(9-11-19)26(31)30-16-22(28)17-6-4-3-5-7-17/h3-11,14-15,20,22H,2,12-13,16H2,1H3,(H,30,31). The number of alkyl halides is 1. The Hall–Kier alpha value is -3.03. The lowest BCUT2D eigenvalue weighted by Crippen LogP contribution is -2.26. The van der Waals surface area contributed by atoms with Crippen LogP contribution in [0.4, 0.5) is 0 Å². The zero-order chi connectivity index (χ0) is 24.8. The molecule has 0 fully saturated rings. The molecule has 1 heterocycles. The number of nitrogens with one attached hydrogen (secondary N) is 1. The van der Waals surface area contributed by atoms with Gasteiger partial charge in [0.05, 0.1) is 29.0 Å². The summed E-state index contributed by atoms with van der Waals surface area (Å²) < 4.78 is 16.9. The zero-order valence-corrected chi connectivity index (χ0v) is 21.5. The number of fused-ring (bicyclic) bond motifs is 1. The van der Waals surface area contributed by atoms with E-state index >= 15 is 0 Å². The molecular weight excluding hydrogens is 534 g/mol. The summed E-state index contributed by atoms with van der Waals surface area (Å²) in [5.41, 5.74) is 2.30. The molecule has 0 radical (unpaired) electrons. The number of hydrogen-bond acceptors (Lipinski definition) is 5. The van der Waals surface area contributed by atoms with Crippen molar-refractivity contribution in [1.29, 1.82) is 0 Å². The summed E-state index contributed by atoms with van der Waals surface area (Å²) in [6.07, 6.45) is 0.535. The number of carbonyl (C=O) groups is 2. The predicted octanol–water partition coefficient (Wildman–Crippen LogP) is 6.43. The average molecular weight is 559 g/mol. The minimum absolute atomic E-state index is 0.0204. The molecule has 2 unspecified atom stereocenters. The van der Waals surface area contributed by atoms with Gasteiger partial charge >= 0.3 is 5.97 Å². The quantitative estimate of drug-likeness (QED) is 0.255. The Balaban J connectivity index is 1.40. The van der Waals surface area contributed by atoms with Gasteiger partial charge < -0.3 is 19.5 Å². The number of ether oxygens (including phenoxy) is 3. The molecule has 0 aromatic heterocycles. The largest absolute Gasteiger partial charge is 0.493 e. The molecular formula is C27H25BrClNO5. The van der Waals surface area contributed by atoms with Crippen LogP contribution in [-0.4, -0.2) is 31.6 Å². The highest BCUT2D eigenvalue weighted by molar-refractivity contribution is 9.09. The number of hydrogen-bond donors (Lipinski definition) is 1. The normalized spacial score (nSPS) is 15.3. The fourth-order valence-electron chi connectivity index (χ4n) is 3.82. The lowest BCUT2D eigenvalue weighted by molar-refractivity contribution is -0.145. The van der Waals surface area contributed by atoms with Crippen LogP contribution in [0.1, 0.15) is 45.6 Å². The van der Waals surface area contributed by atoms with Gasteiger partial charge in [-0.25, -0.2) is 0 Å². The summed E-state index contributed by atoms with van der Waals surface area (Å²) in [6.45, 7) is 2.96. The van der Waals surface area contributed by atoms with Gasteiger partial charge in [0.2, 0.25) is 0 Å². The first-order valence-corrected chi connectivity index (χ1v) is 12.6. The van der Waals surface area contributed by atoms with Gasteiger partial charge in [-0.2, -0.15) is 0 Å². The van der Waals surface area contributed by atoms with E-state index in [0.29, 0.717) is 59.6 Å². The highest BCUT2D eigenvalue weighted by Gasteiger charge is 2.30. The second-order valence-electron chi connectivity index (χ2n) is 7.98. The summed E-state index contributed by atoms with van der Waals surface area (Å²) in [4.78, 5) is 24.9. The van der Waals surface area contributed by atoms with E-state index in [1.165, 1.54) is 0 Å². The number of amides is 1. The molecule has 2 atom stereocenters. The van der Waals surface area contributed by atoms with Crippen molar-refractivity contribution in [3.63, 3.8) is 0 Å². The van der Waals surface area contributed by atoms with Crippen LogP contribution in [0.15, 0.2) is 66.7 Å². The van der Waals surface area contributed by atoms with E-state index in [1.807, 2.05) is 30.3 Å². The Morgan fingerprint density at radius 3 is 2.60 bits per heavy atom. The molecule has 35 heavy (non-hydrogen) atoms. The Labute approximate surface area is 217 Å². The van der Waals surface area contributed by atoms with Gasteiger partial charge in [-0.05, 0) is 49.2 Å². The van der Waals surface area contributed by atoms with Crippen molar-refractivity contribution < 1.29 is 23.8 Å². The highest BCUT2D eigenvalue weighted by Crippen LogP contribution is 2.42. The van der Waals surface area contributed by atoms with Gasteiger partial charge in [0.1, 0.15) is 17.2 Å². The second-order valence-corrected chi connectivity index (χ2v) is 9.49. The van der Waals surface area contributed by atoms with E-state index in [9.17, 15) is 9.59 Å². The summed E-state index contributed by atoms with van der Waals surface area (Å²) in [5.74, 6) is 0.588. The third-order valence-electron chi connectivity index (χ3n) is 5.62. The van der Waals surface area contributed by atoms with Gasteiger partial charge in [0.15, 0.2) is 0 Å². The molecule has 1 aliphatic heterocycles. The van der Waals surface area contributed by atoms with E-state index in [-0.39, 0.29) is 16.7 Å². The molecule has 0 bridgehead atoms. The number of carbonyl (C=O) groups excluding carboxylic acids is 2. The van der Waals surface area contributed by atoms with Crippen LogP contribution in [0, 0.1) is 0 Å². The molecule has 0 saturated carbocycles. The van der Waals surface area contributed by atoms with Crippen LogP contribution in [-0.2, 0) is 9.53 Å². The lowest BCUT2D eigenvalue weighted by Gasteiger charge is -2.25. The maximum Gasteiger partial charge on any atom is 0.313 e. The third-order valence-corrected chi connectivity index (χ3v) is 6.77. The lowest BCUT2D eigenvalue weighted by atomic mass is 9.93. The van der Waals surface area contributed by atoms with E-state index in [1.54, 1.807) is 43.3 Å². The first-order valence-electron chi connectivity index (χ1n) is 11.3. The van der Waals surface area contributed by atoms with Crippen LogP contribution in [0.3, 0.4) is 0 Å². The van der Waals surface area contributed by atoms with Gasteiger partial charge in [-0.1, -0.05) is 57.9 Å². The van der Waals surface area contributed by atoms with Crippen molar-refractivity contribution >= 4 is 39.4 Å². The fourth-order valence-corrected chi connectivity index (χ4v) is 4.50. The van der Waals surface area contributed by atoms with Crippen molar-refractivity contribution in [3.05, 3.63) is 88.4 Å². The molecule has 0 aliphatic carbocycles. The zero-order valence-electron chi connectivity index (χ0n) is 19.1. The first kappa shape index (κ1) is 25.1. The molecule has 4 rings (SSSR count). The minimum atomic E-state index is -0.413. The van der Waals surface area contributed by atoms with E-state index in [4.69, 9.17) is 25.8 Å². The maximum atomic E-state index is 12.5. The second kappa shape index (κ2) is 11.6. The molecule has 1 amide bonds. The molecule has 182 valence electrons. The molecule has 3 aromatic rings. The monoisotopic (exact) mass is 557 g/mol. The topological polar surface area (TPSA) is 73.9 Å².